The number of ketones is 1. The molecule has 0 unspecified atom stereocenters. The zero-order valence-corrected chi connectivity index (χ0v) is 15.3. The van der Waals surface area contributed by atoms with E-state index in [9.17, 15) is 14.0 Å². The standard InChI is InChI=1S/C20H19FN2O4/c1-12-8-16(14(3)23(12)19-9-13(2)27-22-19)18(24)11-26-20(25)10-15-6-4-5-7-17(15)21/h4-9H,10-11H2,1-3H3. The number of hydrogen-bond acceptors (Lipinski definition) is 5. The quantitative estimate of drug-likeness (QED) is 0.490. The molecular weight excluding hydrogens is 351 g/mol. The van der Waals surface area contributed by atoms with Gasteiger partial charge in [-0.05, 0) is 38.5 Å². The molecule has 0 fully saturated rings. The van der Waals surface area contributed by atoms with Gasteiger partial charge in [0.25, 0.3) is 0 Å². The van der Waals surface area contributed by atoms with Crippen molar-refractivity contribution in [2.45, 2.75) is 27.2 Å². The lowest BCUT2D eigenvalue weighted by Gasteiger charge is -2.06. The Morgan fingerprint density at radius 2 is 1.93 bits per heavy atom. The smallest absolute Gasteiger partial charge is 0.310 e. The molecule has 0 spiro atoms. The summed E-state index contributed by atoms with van der Waals surface area (Å²) in [5, 5.41) is 3.97. The van der Waals surface area contributed by atoms with Crippen LogP contribution in [-0.2, 0) is 16.0 Å². The fourth-order valence-electron chi connectivity index (χ4n) is 2.93. The summed E-state index contributed by atoms with van der Waals surface area (Å²) in [4.78, 5) is 24.4. The van der Waals surface area contributed by atoms with Gasteiger partial charge in [-0.25, -0.2) is 4.39 Å². The van der Waals surface area contributed by atoms with E-state index >= 15 is 0 Å². The van der Waals surface area contributed by atoms with Crippen LogP contribution in [0.5, 0.6) is 0 Å². The third-order valence-corrected chi connectivity index (χ3v) is 4.23. The summed E-state index contributed by atoms with van der Waals surface area (Å²) in [5.74, 6) is -0.233. The van der Waals surface area contributed by atoms with Gasteiger partial charge in [0.2, 0.25) is 5.78 Å². The molecule has 0 aliphatic heterocycles. The number of carbonyl (C=O) groups is 2. The predicted octanol–water partition coefficient (Wildman–Crippen LogP) is 3.50. The van der Waals surface area contributed by atoms with Crippen LogP contribution in [0.15, 0.2) is 40.9 Å². The predicted molar refractivity (Wildman–Crippen MR) is 95.4 cm³/mol. The number of ether oxygens (including phenoxy) is 1. The maximum atomic E-state index is 13.6. The van der Waals surface area contributed by atoms with Gasteiger partial charge in [-0.1, -0.05) is 23.4 Å². The maximum absolute atomic E-state index is 13.6. The fraction of sp³-hybridized carbons (Fsp3) is 0.250. The third kappa shape index (κ3) is 3.97. The molecule has 6 nitrogen and oxygen atoms in total. The van der Waals surface area contributed by atoms with Gasteiger partial charge in [0.05, 0.1) is 6.42 Å². The molecule has 0 atom stereocenters. The van der Waals surface area contributed by atoms with Crippen LogP contribution in [0.3, 0.4) is 0 Å². The average molecular weight is 370 g/mol. The highest BCUT2D eigenvalue weighted by Gasteiger charge is 2.20. The Balaban J connectivity index is 1.68. The average Bonchev–Trinajstić information content (AvgIpc) is 3.17. The number of Topliss-reactive ketones (excluding diaryl/α,β-unsaturated/α-hetero) is 1. The van der Waals surface area contributed by atoms with Crippen molar-refractivity contribution >= 4 is 11.8 Å². The fourth-order valence-corrected chi connectivity index (χ4v) is 2.93. The van der Waals surface area contributed by atoms with Crippen LogP contribution in [0.1, 0.15) is 33.1 Å². The summed E-state index contributed by atoms with van der Waals surface area (Å²) in [6.07, 6.45) is -0.225. The number of aryl methyl sites for hydroxylation is 2. The van der Waals surface area contributed by atoms with Gasteiger partial charge in [0, 0.05) is 23.0 Å². The highest BCUT2D eigenvalue weighted by atomic mass is 19.1. The van der Waals surface area contributed by atoms with Crippen LogP contribution >= 0.6 is 0 Å². The molecule has 2 aromatic heterocycles. The second-order valence-corrected chi connectivity index (χ2v) is 6.27. The van der Waals surface area contributed by atoms with E-state index in [0.717, 1.165) is 5.69 Å². The topological polar surface area (TPSA) is 74.3 Å². The molecular formula is C20H19FN2O4. The molecule has 0 bridgehead atoms. The summed E-state index contributed by atoms with van der Waals surface area (Å²) in [7, 11) is 0. The number of aromatic nitrogens is 2. The second kappa shape index (κ2) is 7.57. The molecule has 3 aromatic rings. The van der Waals surface area contributed by atoms with E-state index in [1.54, 1.807) is 42.7 Å². The lowest BCUT2D eigenvalue weighted by atomic mass is 10.1. The Morgan fingerprint density at radius 3 is 2.59 bits per heavy atom. The van der Waals surface area contributed by atoms with Crippen LogP contribution in [0.25, 0.3) is 5.82 Å². The Labute approximate surface area is 155 Å². The van der Waals surface area contributed by atoms with Crippen molar-refractivity contribution < 1.29 is 23.2 Å². The summed E-state index contributed by atoms with van der Waals surface area (Å²) < 4.78 is 25.5. The van der Waals surface area contributed by atoms with E-state index < -0.39 is 18.4 Å². The monoisotopic (exact) mass is 370 g/mol. The Kier molecular flexibility index (Phi) is 5.21. The van der Waals surface area contributed by atoms with Gasteiger partial charge in [-0.2, -0.15) is 0 Å². The van der Waals surface area contributed by atoms with E-state index in [-0.39, 0.29) is 17.8 Å². The summed E-state index contributed by atoms with van der Waals surface area (Å²) >= 11 is 0. The number of esters is 1. The Morgan fingerprint density at radius 1 is 1.19 bits per heavy atom. The van der Waals surface area contributed by atoms with Crippen LogP contribution in [0, 0.1) is 26.6 Å². The van der Waals surface area contributed by atoms with Crippen LogP contribution in [-0.4, -0.2) is 28.1 Å². The molecule has 0 amide bonds. The minimum atomic E-state index is -0.658. The van der Waals surface area contributed by atoms with Crippen LogP contribution in [0.4, 0.5) is 4.39 Å². The molecule has 0 N–H and O–H groups in total. The summed E-state index contributed by atoms with van der Waals surface area (Å²) in [6, 6.07) is 9.44. The number of nitrogens with zero attached hydrogens (tertiary/aromatic N) is 2. The number of carbonyl (C=O) groups excluding carboxylic acids is 2. The first-order valence-corrected chi connectivity index (χ1v) is 8.41. The maximum Gasteiger partial charge on any atom is 0.310 e. The Hall–Kier alpha value is -3.22. The van der Waals surface area contributed by atoms with Gasteiger partial charge in [-0.3, -0.25) is 14.2 Å². The minimum absolute atomic E-state index is 0.225. The minimum Gasteiger partial charge on any atom is -0.457 e. The van der Waals surface area contributed by atoms with Crippen molar-refractivity contribution in [1.29, 1.82) is 0 Å². The van der Waals surface area contributed by atoms with Gasteiger partial charge in [0.15, 0.2) is 12.4 Å². The van der Waals surface area contributed by atoms with Crippen LogP contribution < -0.4 is 0 Å². The molecule has 3 rings (SSSR count). The number of benzene rings is 1. The Bertz CT molecular complexity index is 1000. The van der Waals surface area contributed by atoms with Crippen molar-refractivity contribution in [3.05, 3.63) is 70.5 Å². The van der Waals surface area contributed by atoms with Crippen molar-refractivity contribution in [3.8, 4) is 5.82 Å². The second-order valence-electron chi connectivity index (χ2n) is 6.27. The number of halogens is 1. The first kappa shape index (κ1) is 18.6. The summed E-state index contributed by atoms with van der Waals surface area (Å²) in [6.45, 7) is 5.00. The van der Waals surface area contributed by atoms with Crippen LogP contribution in [0.2, 0.25) is 0 Å². The zero-order chi connectivity index (χ0) is 19.6. The molecule has 0 saturated carbocycles. The largest absolute Gasteiger partial charge is 0.457 e. The number of rotatable bonds is 6. The first-order chi connectivity index (χ1) is 12.9. The van der Waals surface area contributed by atoms with E-state index in [1.807, 2.05) is 6.92 Å². The molecule has 0 aliphatic carbocycles. The van der Waals surface area contributed by atoms with E-state index in [0.29, 0.717) is 22.8 Å². The van der Waals surface area contributed by atoms with Crippen molar-refractivity contribution in [2.24, 2.45) is 0 Å². The third-order valence-electron chi connectivity index (χ3n) is 4.23. The molecule has 0 saturated heterocycles. The molecule has 140 valence electrons. The van der Waals surface area contributed by atoms with Crippen molar-refractivity contribution in [2.75, 3.05) is 6.61 Å². The van der Waals surface area contributed by atoms with Gasteiger partial charge in [0.1, 0.15) is 11.6 Å². The van der Waals surface area contributed by atoms with Crippen molar-refractivity contribution in [3.63, 3.8) is 0 Å². The van der Waals surface area contributed by atoms with Gasteiger partial charge in [-0.15, -0.1) is 0 Å². The lowest BCUT2D eigenvalue weighted by Crippen LogP contribution is -2.16. The molecule has 0 radical (unpaired) electrons. The highest BCUT2D eigenvalue weighted by Crippen LogP contribution is 2.21. The van der Waals surface area contributed by atoms with Gasteiger partial charge >= 0.3 is 5.97 Å². The molecule has 27 heavy (non-hydrogen) atoms. The molecule has 0 aliphatic rings. The first-order valence-electron chi connectivity index (χ1n) is 8.41. The summed E-state index contributed by atoms with van der Waals surface area (Å²) in [5.41, 5.74) is 2.15. The SMILES string of the molecule is Cc1cc(-n2c(C)cc(C(=O)COC(=O)Cc3ccccc3F)c2C)no1. The van der Waals surface area contributed by atoms with Gasteiger partial charge < -0.3 is 9.26 Å². The number of hydrogen-bond donors (Lipinski definition) is 0. The zero-order valence-electron chi connectivity index (χ0n) is 15.3. The lowest BCUT2D eigenvalue weighted by molar-refractivity contribution is -0.141. The molecule has 2 heterocycles. The van der Waals surface area contributed by atoms with E-state index in [1.165, 1.54) is 12.1 Å². The van der Waals surface area contributed by atoms with E-state index in [2.05, 4.69) is 5.16 Å². The van der Waals surface area contributed by atoms with Crippen molar-refractivity contribution in [1.82, 2.24) is 9.72 Å². The normalized spacial score (nSPS) is 10.8. The molecule has 7 heteroatoms. The molecule has 1 aromatic carbocycles. The van der Waals surface area contributed by atoms with E-state index in [4.69, 9.17) is 9.26 Å². The highest BCUT2D eigenvalue weighted by molar-refractivity contribution is 5.99.